The normalized spacial score (nSPS) is 10.9. The van der Waals surface area contributed by atoms with Crippen LogP contribution in [-0.2, 0) is 9.53 Å². The van der Waals surface area contributed by atoms with Gasteiger partial charge in [-0.3, -0.25) is 5.43 Å². The number of carboxylic acid groups (broad SMARTS) is 1. The highest BCUT2D eigenvalue weighted by Crippen LogP contribution is 2.15. The molecule has 2 aromatic rings. The highest BCUT2D eigenvalue weighted by atomic mass is 16.5. The van der Waals surface area contributed by atoms with E-state index in [1.54, 1.807) is 49.4 Å². The van der Waals surface area contributed by atoms with Crippen LogP contribution in [0, 0.1) is 0 Å². The molecule has 0 aliphatic heterocycles. The van der Waals surface area contributed by atoms with Crippen molar-refractivity contribution in [2.24, 2.45) is 5.10 Å². The van der Waals surface area contributed by atoms with Gasteiger partial charge in [-0.25, -0.2) is 9.59 Å². The van der Waals surface area contributed by atoms with Crippen molar-refractivity contribution in [3.05, 3.63) is 65.7 Å². The summed E-state index contributed by atoms with van der Waals surface area (Å²) in [6.45, 7) is 1.92. The Kier molecular flexibility index (Phi) is 5.46. The highest BCUT2D eigenvalue weighted by Gasteiger charge is 2.16. The maximum atomic E-state index is 12.1. The van der Waals surface area contributed by atoms with E-state index in [9.17, 15) is 9.59 Å². The molecule has 6 nitrogen and oxygen atoms in total. The summed E-state index contributed by atoms with van der Waals surface area (Å²) in [5.74, 6) is -1.67. The molecule has 23 heavy (non-hydrogen) atoms. The fourth-order valence-corrected chi connectivity index (χ4v) is 1.91. The van der Waals surface area contributed by atoms with E-state index < -0.39 is 11.9 Å². The molecule has 0 radical (unpaired) electrons. The third-order valence-corrected chi connectivity index (χ3v) is 2.96. The molecule has 0 amide bonds. The number of carboxylic acids is 1. The lowest BCUT2D eigenvalue weighted by Gasteiger charge is -2.09. The second-order valence-electron chi connectivity index (χ2n) is 4.51. The molecule has 6 heteroatoms. The van der Waals surface area contributed by atoms with Gasteiger partial charge in [0.2, 0.25) is 0 Å². The number of hydrogen-bond acceptors (Lipinski definition) is 5. The minimum atomic E-state index is -1.08. The van der Waals surface area contributed by atoms with Gasteiger partial charge < -0.3 is 9.84 Å². The Bertz CT molecular complexity index is 726. The molecule has 2 rings (SSSR count). The SMILES string of the molecule is CCOC(=O)/C(=N\Nc1ccccc1C(=O)O)c1ccccc1. The van der Waals surface area contributed by atoms with Crippen molar-refractivity contribution < 1.29 is 19.4 Å². The summed E-state index contributed by atoms with van der Waals surface area (Å²) in [5, 5.41) is 13.2. The van der Waals surface area contributed by atoms with Crippen LogP contribution in [0.25, 0.3) is 0 Å². The first-order chi connectivity index (χ1) is 11.1. The lowest BCUT2D eigenvalue weighted by Crippen LogP contribution is -2.20. The predicted octanol–water partition coefficient (Wildman–Crippen LogP) is 2.76. The molecule has 0 saturated carbocycles. The first kappa shape index (κ1) is 16.2. The number of esters is 1. The number of nitrogens with zero attached hydrogens (tertiary/aromatic N) is 1. The number of carbonyl (C=O) groups is 2. The van der Waals surface area contributed by atoms with E-state index in [1.807, 2.05) is 6.07 Å². The summed E-state index contributed by atoms with van der Waals surface area (Å²) in [4.78, 5) is 23.3. The van der Waals surface area contributed by atoms with Crippen LogP contribution in [0.4, 0.5) is 5.69 Å². The summed E-state index contributed by atoms with van der Waals surface area (Å²) in [5.41, 5.74) is 3.64. The zero-order valence-electron chi connectivity index (χ0n) is 12.5. The van der Waals surface area contributed by atoms with E-state index in [4.69, 9.17) is 9.84 Å². The lowest BCUT2D eigenvalue weighted by molar-refractivity contribution is -0.134. The number of benzene rings is 2. The topological polar surface area (TPSA) is 88.0 Å². The van der Waals surface area contributed by atoms with Crippen molar-refractivity contribution in [3.63, 3.8) is 0 Å². The number of nitrogens with one attached hydrogen (secondary N) is 1. The molecule has 118 valence electrons. The first-order valence-electron chi connectivity index (χ1n) is 7.02. The molecule has 2 N–H and O–H groups in total. The molecule has 2 aromatic carbocycles. The Morgan fingerprint density at radius 2 is 1.74 bits per heavy atom. The van der Waals surface area contributed by atoms with Crippen molar-refractivity contribution in [3.8, 4) is 0 Å². The molecular formula is C17H16N2O4. The second-order valence-corrected chi connectivity index (χ2v) is 4.51. The van der Waals surface area contributed by atoms with E-state index in [1.165, 1.54) is 6.07 Å². The van der Waals surface area contributed by atoms with Crippen LogP contribution < -0.4 is 5.43 Å². The van der Waals surface area contributed by atoms with Crippen LogP contribution in [-0.4, -0.2) is 29.4 Å². The van der Waals surface area contributed by atoms with Gasteiger partial charge >= 0.3 is 11.9 Å². The van der Waals surface area contributed by atoms with Gasteiger partial charge in [0.25, 0.3) is 0 Å². The van der Waals surface area contributed by atoms with Crippen LogP contribution in [0.15, 0.2) is 59.7 Å². The predicted molar refractivity (Wildman–Crippen MR) is 86.6 cm³/mol. The van der Waals surface area contributed by atoms with Gasteiger partial charge in [0.05, 0.1) is 17.9 Å². The summed E-state index contributed by atoms with van der Waals surface area (Å²) in [6, 6.07) is 15.1. The van der Waals surface area contributed by atoms with Crippen LogP contribution in [0.3, 0.4) is 0 Å². The smallest absolute Gasteiger partial charge is 0.359 e. The van der Waals surface area contributed by atoms with Gasteiger partial charge in [-0.2, -0.15) is 5.10 Å². The van der Waals surface area contributed by atoms with Crippen molar-refractivity contribution in [1.82, 2.24) is 0 Å². The Balaban J connectivity index is 2.35. The molecule has 0 aliphatic rings. The molecule has 0 bridgehead atoms. The van der Waals surface area contributed by atoms with Gasteiger partial charge in [0, 0.05) is 5.56 Å². The van der Waals surface area contributed by atoms with Crippen LogP contribution in [0.5, 0.6) is 0 Å². The van der Waals surface area contributed by atoms with Crippen LogP contribution >= 0.6 is 0 Å². The molecule has 0 fully saturated rings. The molecule has 0 saturated heterocycles. The fraction of sp³-hybridized carbons (Fsp3) is 0.118. The zero-order chi connectivity index (χ0) is 16.7. The van der Waals surface area contributed by atoms with Crippen molar-refractivity contribution in [2.75, 3.05) is 12.0 Å². The lowest BCUT2D eigenvalue weighted by atomic mass is 10.1. The van der Waals surface area contributed by atoms with E-state index in [-0.39, 0.29) is 23.6 Å². The fourth-order valence-electron chi connectivity index (χ4n) is 1.91. The average Bonchev–Trinajstić information content (AvgIpc) is 2.56. The zero-order valence-corrected chi connectivity index (χ0v) is 12.5. The maximum Gasteiger partial charge on any atom is 0.359 e. The Morgan fingerprint density at radius 1 is 1.09 bits per heavy atom. The minimum absolute atomic E-state index is 0.0625. The number of ether oxygens (including phenoxy) is 1. The van der Waals surface area contributed by atoms with E-state index in [2.05, 4.69) is 10.5 Å². The monoisotopic (exact) mass is 312 g/mol. The van der Waals surface area contributed by atoms with Crippen molar-refractivity contribution in [2.45, 2.75) is 6.92 Å². The number of hydrogen-bond donors (Lipinski definition) is 2. The number of hydrazone groups is 1. The Hall–Kier alpha value is -3.15. The standard InChI is InChI=1S/C17H16N2O4/c1-2-23-17(22)15(12-8-4-3-5-9-12)19-18-14-11-7-6-10-13(14)16(20)21/h3-11,18H,2H2,1H3,(H,20,21)/b19-15-. The summed E-state index contributed by atoms with van der Waals surface area (Å²) in [6.07, 6.45) is 0. The van der Waals surface area contributed by atoms with Crippen LogP contribution in [0.1, 0.15) is 22.8 Å². The third-order valence-electron chi connectivity index (χ3n) is 2.96. The molecule has 0 spiro atoms. The van der Waals surface area contributed by atoms with Gasteiger partial charge in [-0.1, -0.05) is 42.5 Å². The van der Waals surface area contributed by atoms with Gasteiger partial charge in [0.1, 0.15) is 0 Å². The number of para-hydroxylation sites is 1. The van der Waals surface area contributed by atoms with Gasteiger partial charge in [-0.05, 0) is 19.1 Å². The second kappa shape index (κ2) is 7.74. The first-order valence-corrected chi connectivity index (χ1v) is 7.02. The van der Waals surface area contributed by atoms with E-state index in [0.717, 1.165) is 0 Å². The number of carbonyl (C=O) groups excluding carboxylic acids is 1. The van der Waals surface area contributed by atoms with Crippen molar-refractivity contribution >= 4 is 23.3 Å². The average molecular weight is 312 g/mol. The van der Waals surface area contributed by atoms with Gasteiger partial charge in [0.15, 0.2) is 5.71 Å². The van der Waals surface area contributed by atoms with E-state index >= 15 is 0 Å². The summed E-state index contributed by atoms with van der Waals surface area (Å²) >= 11 is 0. The number of rotatable bonds is 6. The Labute approximate surface area is 133 Å². The Morgan fingerprint density at radius 3 is 2.39 bits per heavy atom. The van der Waals surface area contributed by atoms with Crippen molar-refractivity contribution in [1.29, 1.82) is 0 Å². The van der Waals surface area contributed by atoms with Crippen LogP contribution in [0.2, 0.25) is 0 Å². The number of anilines is 1. The molecule has 0 aromatic heterocycles. The van der Waals surface area contributed by atoms with Gasteiger partial charge in [-0.15, -0.1) is 0 Å². The quantitative estimate of drug-likeness (QED) is 0.486. The molecule has 0 heterocycles. The third kappa shape index (κ3) is 4.16. The minimum Gasteiger partial charge on any atom is -0.478 e. The molecule has 0 unspecified atom stereocenters. The summed E-state index contributed by atoms with van der Waals surface area (Å²) in [7, 11) is 0. The summed E-state index contributed by atoms with van der Waals surface area (Å²) < 4.78 is 5.00. The highest BCUT2D eigenvalue weighted by molar-refractivity contribution is 6.43. The van der Waals surface area contributed by atoms with E-state index in [0.29, 0.717) is 5.56 Å². The molecule has 0 atom stereocenters. The largest absolute Gasteiger partial charge is 0.478 e. The molecule has 0 aliphatic carbocycles. The number of aromatic carboxylic acids is 1. The maximum absolute atomic E-state index is 12.1. The molecular weight excluding hydrogens is 296 g/mol.